The van der Waals surface area contributed by atoms with Gasteiger partial charge in [-0.3, -0.25) is 9.89 Å². The van der Waals surface area contributed by atoms with Gasteiger partial charge in [0.05, 0.1) is 13.7 Å². The summed E-state index contributed by atoms with van der Waals surface area (Å²) in [6, 6.07) is 18.1. The minimum Gasteiger partial charge on any atom is -0.497 e. The van der Waals surface area contributed by atoms with Gasteiger partial charge in [-0.05, 0) is 93.1 Å². The predicted octanol–water partition coefficient (Wildman–Crippen LogP) is 6.37. The molecule has 0 aromatic heterocycles. The SMILES string of the molecule is COc1cccc(CN2CCN(C3=C(C)CCC(=NCc4ccc(CNCCCNC5CCCCC5)cc4)NC(C)=C3)CC2)c1. The van der Waals surface area contributed by atoms with Gasteiger partial charge < -0.3 is 25.6 Å². The summed E-state index contributed by atoms with van der Waals surface area (Å²) in [7, 11) is 1.73. The summed E-state index contributed by atoms with van der Waals surface area (Å²) in [5.74, 6) is 2.01. The van der Waals surface area contributed by atoms with Gasteiger partial charge >= 0.3 is 0 Å². The Balaban J connectivity index is 1.03. The highest BCUT2D eigenvalue weighted by molar-refractivity contribution is 5.84. The Hall–Kier alpha value is -3.13. The molecule has 7 heteroatoms. The largest absolute Gasteiger partial charge is 0.497 e. The van der Waals surface area contributed by atoms with Crippen molar-refractivity contribution < 1.29 is 4.74 Å². The van der Waals surface area contributed by atoms with Crippen LogP contribution in [-0.4, -0.2) is 68.1 Å². The third-order valence-electron chi connectivity index (χ3n) is 9.50. The summed E-state index contributed by atoms with van der Waals surface area (Å²) in [5, 5.41) is 11.0. The molecule has 1 saturated heterocycles. The minimum atomic E-state index is 0.709. The Morgan fingerprint density at radius 1 is 0.889 bits per heavy atom. The monoisotopic (exact) mass is 612 g/mol. The van der Waals surface area contributed by atoms with Crippen LogP contribution < -0.4 is 20.7 Å². The molecule has 1 saturated carbocycles. The molecule has 2 heterocycles. The van der Waals surface area contributed by atoms with E-state index in [9.17, 15) is 0 Å². The first-order chi connectivity index (χ1) is 22.1. The van der Waals surface area contributed by atoms with Gasteiger partial charge in [-0.1, -0.05) is 55.7 Å². The standard InChI is InChI=1S/C38H56N6O/c1-30-13-18-38(41-28-33-16-14-32(15-17-33)27-39-19-8-20-40-35-10-5-4-6-11-35)42-31(2)25-37(30)44-23-21-43(22-24-44)29-34-9-7-12-36(26-34)45-3/h7,9,12,14-17,25-26,35,39-40H,4-6,8,10-11,13,18-24,27-29H2,1-3H3,(H,41,42). The highest BCUT2D eigenvalue weighted by Gasteiger charge is 2.21. The van der Waals surface area contributed by atoms with Crippen LogP contribution in [0.5, 0.6) is 5.75 Å². The quantitative estimate of drug-likeness (QED) is 0.229. The van der Waals surface area contributed by atoms with Gasteiger partial charge in [0.1, 0.15) is 11.6 Å². The van der Waals surface area contributed by atoms with Crippen LogP contribution >= 0.6 is 0 Å². The molecule has 45 heavy (non-hydrogen) atoms. The molecular weight excluding hydrogens is 556 g/mol. The van der Waals surface area contributed by atoms with Crippen molar-refractivity contribution in [1.82, 2.24) is 25.8 Å². The van der Waals surface area contributed by atoms with Crippen LogP contribution in [0.25, 0.3) is 0 Å². The summed E-state index contributed by atoms with van der Waals surface area (Å²) < 4.78 is 5.41. The second-order valence-electron chi connectivity index (χ2n) is 13.1. The highest BCUT2D eigenvalue weighted by Crippen LogP contribution is 2.23. The number of benzene rings is 2. The van der Waals surface area contributed by atoms with Crippen LogP contribution in [0.1, 0.15) is 81.9 Å². The van der Waals surface area contributed by atoms with E-state index in [0.29, 0.717) is 6.54 Å². The zero-order valence-electron chi connectivity index (χ0n) is 28.0. The lowest BCUT2D eigenvalue weighted by atomic mass is 9.95. The fourth-order valence-electron chi connectivity index (χ4n) is 6.75. The minimum absolute atomic E-state index is 0.709. The zero-order valence-corrected chi connectivity index (χ0v) is 28.0. The van der Waals surface area contributed by atoms with Gasteiger partial charge in [0.2, 0.25) is 0 Å². The van der Waals surface area contributed by atoms with Gasteiger partial charge in [0.15, 0.2) is 0 Å². The molecule has 2 fully saturated rings. The first-order valence-electron chi connectivity index (χ1n) is 17.4. The van der Waals surface area contributed by atoms with Crippen LogP contribution in [0.4, 0.5) is 0 Å². The summed E-state index contributed by atoms with van der Waals surface area (Å²) >= 11 is 0. The van der Waals surface area contributed by atoms with Crippen LogP contribution in [-0.2, 0) is 19.6 Å². The predicted molar refractivity (Wildman–Crippen MR) is 187 cm³/mol. The fourth-order valence-corrected chi connectivity index (χ4v) is 6.75. The Morgan fingerprint density at radius 2 is 1.67 bits per heavy atom. The number of aliphatic imine (C=N–C) groups is 1. The molecule has 2 aromatic carbocycles. The highest BCUT2D eigenvalue weighted by atomic mass is 16.5. The van der Waals surface area contributed by atoms with Crippen molar-refractivity contribution >= 4 is 5.84 Å². The van der Waals surface area contributed by atoms with E-state index in [1.165, 1.54) is 66.5 Å². The van der Waals surface area contributed by atoms with Crippen molar-refractivity contribution in [2.75, 3.05) is 46.4 Å². The van der Waals surface area contributed by atoms with Crippen molar-refractivity contribution in [2.24, 2.45) is 4.99 Å². The summed E-state index contributed by atoms with van der Waals surface area (Å²) in [6.07, 6.45) is 12.4. The second-order valence-corrected chi connectivity index (χ2v) is 13.1. The molecule has 0 spiro atoms. The molecule has 0 radical (unpaired) electrons. The van der Waals surface area contributed by atoms with E-state index in [1.54, 1.807) is 7.11 Å². The Kier molecular flexibility index (Phi) is 13.0. The molecule has 0 bridgehead atoms. The normalized spacial score (nSPS) is 19.7. The van der Waals surface area contributed by atoms with Crippen molar-refractivity contribution in [3.05, 3.63) is 88.3 Å². The number of hydrogen-bond acceptors (Lipinski definition) is 6. The van der Waals surface area contributed by atoms with Crippen LogP contribution in [0, 0.1) is 0 Å². The van der Waals surface area contributed by atoms with Crippen LogP contribution in [0.2, 0.25) is 0 Å². The molecule has 0 amide bonds. The molecule has 2 aliphatic heterocycles. The van der Waals surface area contributed by atoms with E-state index >= 15 is 0 Å². The number of methoxy groups -OCH3 is 1. The number of nitrogens with one attached hydrogen (secondary N) is 3. The smallest absolute Gasteiger partial charge is 0.119 e. The molecule has 7 nitrogen and oxygen atoms in total. The van der Waals surface area contributed by atoms with Crippen molar-refractivity contribution in [2.45, 2.75) is 90.9 Å². The Labute approximate surface area is 272 Å². The number of rotatable bonds is 13. The number of ether oxygens (including phenoxy) is 1. The lowest BCUT2D eigenvalue weighted by Gasteiger charge is -2.38. The number of piperazine rings is 1. The molecule has 3 aliphatic rings. The van der Waals surface area contributed by atoms with E-state index in [2.05, 4.69) is 88.1 Å². The average Bonchev–Trinajstić information content (AvgIpc) is 3.07. The van der Waals surface area contributed by atoms with Gasteiger partial charge in [0, 0.05) is 63.1 Å². The van der Waals surface area contributed by atoms with E-state index in [4.69, 9.17) is 9.73 Å². The van der Waals surface area contributed by atoms with Crippen LogP contribution in [0.3, 0.4) is 0 Å². The van der Waals surface area contributed by atoms with Crippen molar-refractivity contribution in [3.63, 3.8) is 0 Å². The Bertz CT molecular complexity index is 1290. The molecule has 0 unspecified atom stereocenters. The van der Waals surface area contributed by atoms with Gasteiger partial charge in [-0.2, -0.15) is 0 Å². The van der Waals surface area contributed by atoms with E-state index in [0.717, 1.165) is 88.5 Å². The molecule has 2 aromatic rings. The number of hydrogen-bond donors (Lipinski definition) is 3. The number of amidine groups is 1. The molecule has 0 atom stereocenters. The third-order valence-corrected chi connectivity index (χ3v) is 9.50. The van der Waals surface area contributed by atoms with Crippen molar-refractivity contribution in [3.8, 4) is 5.75 Å². The molecule has 3 N–H and O–H groups in total. The van der Waals surface area contributed by atoms with E-state index in [-0.39, 0.29) is 0 Å². The topological polar surface area (TPSA) is 64.2 Å². The summed E-state index contributed by atoms with van der Waals surface area (Å²) in [4.78, 5) is 10.1. The average molecular weight is 613 g/mol. The Morgan fingerprint density at radius 3 is 2.44 bits per heavy atom. The van der Waals surface area contributed by atoms with E-state index in [1.807, 2.05) is 6.07 Å². The summed E-state index contributed by atoms with van der Waals surface area (Å²) in [6.45, 7) is 13.5. The lowest BCUT2D eigenvalue weighted by Crippen LogP contribution is -2.45. The van der Waals surface area contributed by atoms with Gasteiger partial charge in [-0.15, -0.1) is 0 Å². The lowest BCUT2D eigenvalue weighted by molar-refractivity contribution is 0.154. The summed E-state index contributed by atoms with van der Waals surface area (Å²) in [5.41, 5.74) is 7.90. The first kappa shape index (κ1) is 33.2. The second kappa shape index (κ2) is 17.5. The maximum Gasteiger partial charge on any atom is 0.119 e. The molecule has 5 rings (SSSR count). The van der Waals surface area contributed by atoms with Gasteiger partial charge in [-0.25, -0.2) is 0 Å². The van der Waals surface area contributed by atoms with Crippen molar-refractivity contribution in [1.29, 1.82) is 0 Å². The number of allylic oxidation sites excluding steroid dienone is 3. The molecule has 244 valence electrons. The molecule has 1 aliphatic carbocycles. The maximum atomic E-state index is 5.41. The number of nitrogens with zero attached hydrogens (tertiary/aromatic N) is 3. The van der Waals surface area contributed by atoms with E-state index < -0.39 is 0 Å². The first-order valence-corrected chi connectivity index (χ1v) is 17.4. The zero-order chi connectivity index (χ0) is 31.3. The van der Waals surface area contributed by atoms with Gasteiger partial charge in [0.25, 0.3) is 0 Å². The molecular formula is C38H56N6O. The van der Waals surface area contributed by atoms with Crippen LogP contribution in [0.15, 0.2) is 76.6 Å². The fraction of sp³-hybridized carbons (Fsp3) is 0.553. The maximum absolute atomic E-state index is 5.41. The third kappa shape index (κ3) is 10.7.